The molecule has 280 valence electrons. The molecule has 0 fully saturated rings. The van der Waals surface area contributed by atoms with Gasteiger partial charge < -0.3 is 0 Å². The van der Waals surface area contributed by atoms with Gasteiger partial charge in [0, 0.05) is 0 Å². The molecule has 0 aliphatic heterocycles. The first kappa shape index (κ1) is 38.7. The van der Waals surface area contributed by atoms with Crippen molar-refractivity contribution in [1.82, 2.24) is 0 Å². The summed E-state index contributed by atoms with van der Waals surface area (Å²) in [5.41, 5.74) is -3.48. The van der Waals surface area contributed by atoms with Crippen LogP contribution in [0.3, 0.4) is 0 Å². The van der Waals surface area contributed by atoms with Crippen molar-refractivity contribution in [3.63, 3.8) is 0 Å². The van der Waals surface area contributed by atoms with Crippen molar-refractivity contribution in [1.29, 1.82) is 0 Å². The van der Waals surface area contributed by atoms with Crippen LogP contribution >= 0.6 is 40.9 Å². The fourth-order valence-corrected chi connectivity index (χ4v) is 7.81. The monoisotopic (exact) mass is 823 g/mol. The quantitative estimate of drug-likeness (QED) is 0.123. The molecule has 0 radical (unpaired) electrons. The van der Waals surface area contributed by atoms with E-state index < -0.39 is 88.5 Å². The van der Waals surface area contributed by atoms with E-state index in [9.17, 15) is 77.7 Å². The average molecular weight is 823 g/mol. The number of hydrogen-bond donors (Lipinski definition) is 0. The van der Waals surface area contributed by atoms with Gasteiger partial charge in [0.25, 0.3) is 0 Å². The Morgan fingerprint density at radius 2 is 0.347 bits per heavy atom. The molecule has 0 saturated heterocycles. The predicted octanol–water partition coefficient (Wildman–Crippen LogP) is 13.7. The fourth-order valence-electron chi connectivity index (χ4n) is 5.21. The van der Waals surface area contributed by atoms with E-state index in [0.29, 0.717) is 0 Å². The summed E-state index contributed by atoms with van der Waals surface area (Å²) in [6.45, 7) is 0. The van der Waals surface area contributed by atoms with Crippen molar-refractivity contribution in [2.75, 3.05) is 0 Å². The number of hydrogen-bond acceptors (Lipinski definition) is 0. The van der Waals surface area contributed by atoms with Gasteiger partial charge in [-0.3, -0.25) is 0 Å². The Labute approximate surface area is 262 Å². The van der Waals surface area contributed by atoms with Crippen LogP contribution in [-0.2, 0) is 0 Å². The first-order valence-electron chi connectivity index (χ1n) is 12.3. The summed E-state index contributed by atoms with van der Waals surface area (Å²) < 4.78 is 270. The molecular formula is C24H16BF20S4-. The zero-order chi connectivity index (χ0) is 38.1. The topological polar surface area (TPSA) is 0 Å². The molecular weight excluding hydrogens is 807 g/mol. The van der Waals surface area contributed by atoms with E-state index in [1.807, 2.05) is 0 Å². The number of rotatable bonds is 8. The normalized spacial score (nSPS) is 20.5. The van der Waals surface area contributed by atoms with Gasteiger partial charge in [0.05, 0.1) is 0 Å². The summed E-state index contributed by atoms with van der Waals surface area (Å²) in [6.07, 6.45) is -3.98. The lowest BCUT2D eigenvalue weighted by molar-refractivity contribution is 0.360. The molecule has 0 aromatic heterocycles. The Hall–Kier alpha value is -3.06. The minimum Gasteiger partial charge on any atom is -0.195 e. The van der Waals surface area contributed by atoms with E-state index >= 15 is 0 Å². The van der Waals surface area contributed by atoms with Crippen molar-refractivity contribution >= 4 is 68.9 Å². The molecule has 0 atom stereocenters. The lowest BCUT2D eigenvalue weighted by Crippen LogP contribution is -2.74. The highest BCUT2D eigenvalue weighted by atomic mass is 32.5. The standard InChI is InChI=1S/C24H16BF20S4/c26-46(27,28,29,30)21-9-1-17(2-10-21)25(18-3-11-22(12-4-18)47(31,32,33,34)35,19-5-13-23(14-6-19)48(36,37,38,39)40)20-7-15-24(16-8-20)49(41,42,43,44)45/h1-16H/q-1. The van der Waals surface area contributed by atoms with Gasteiger partial charge in [0.1, 0.15) is 25.7 Å². The molecule has 0 N–H and O–H groups in total. The second-order valence-corrected chi connectivity index (χ2v) is 20.7. The maximum Gasteiger partial charge on any atom is 0.310 e. The molecule has 0 unspecified atom stereocenters. The molecule has 0 saturated carbocycles. The van der Waals surface area contributed by atoms with Crippen LogP contribution in [0.25, 0.3) is 0 Å². The van der Waals surface area contributed by atoms with Gasteiger partial charge in [0.2, 0.25) is 0 Å². The highest BCUT2D eigenvalue weighted by Crippen LogP contribution is 3.04. The van der Waals surface area contributed by atoms with Crippen molar-refractivity contribution < 1.29 is 77.7 Å². The Morgan fingerprint density at radius 3 is 0.449 bits per heavy atom. The maximum absolute atomic E-state index is 13.5. The van der Waals surface area contributed by atoms with Crippen LogP contribution in [0.15, 0.2) is 117 Å². The molecule has 4 aromatic carbocycles. The molecule has 25 heteroatoms. The van der Waals surface area contributed by atoms with Gasteiger partial charge in [0.15, 0.2) is 0 Å². The van der Waals surface area contributed by atoms with Crippen molar-refractivity contribution in [2.45, 2.75) is 19.6 Å². The fraction of sp³-hybridized carbons (Fsp3) is 0. The van der Waals surface area contributed by atoms with Gasteiger partial charge in [-0.1, -0.05) is 126 Å². The molecule has 0 bridgehead atoms. The lowest BCUT2D eigenvalue weighted by atomic mass is 9.13. The van der Waals surface area contributed by atoms with Gasteiger partial charge >= 0.3 is 40.9 Å². The second-order valence-electron chi connectivity index (χ2n) is 11.0. The Kier molecular flexibility index (Phi) is 6.48. The van der Waals surface area contributed by atoms with Crippen LogP contribution in [0.2, 0.25) is 0 Å². The first-order chi connectivity index (χ1) is 20.8. The zero-order valence-electron chi connectivity index (χ0n) is 23.0. The van der Waals surface area contributed by atoms with Crippen LogP contribution in [0.5, 0.6) is 0 Å². The van der Waals surface area contributed by atoms with E-state index in [2.05, 4.69) is 0 Å². The van der Waals surface area contributed by atoms with Crippen LogP contribution < -0.4 is 21.9 Å². The molecule has 0 heterocycles. The highest BCUT2D eigenvalue weighted by Gasteiger charge is 2.68. The Morgan fingerprint density at radius 1 is 0.224 bits per heavy atom. The first-order valence-corrected chi connectivity index (χ1v) is 20.1. The molecule has 0 nitrogen and oxygen atoms in total. The molecule has 4 aromatic rings. The number of halogens is 20. The van der Waals surface area contributed by atoms with Crippen LogP contribution in [0.4, 0.5) is 77.7 Å². The van der Waals surface area contributed by atoms with E-state index in [0.717, 1.165) is 0 Å². The second kappa shape index (κ2) is 8.19. The van der Waals surface area contributed by atoms with Crippen LogP contribution in [-0.4, -0.2) is 6.15 Å². The zero-order valence-corrected chi connectivity index (χ0v) is 26.3. The third-order valence-corrected chi connectivity index (χ3v) is 12.0. The third kappa shape index (κ3) is 8.13. The largest absolute Gasteiger partial charge is 0.310 e. The third-order valence-electron chi connectivity index (χ3n) is 7.30. The van der Waals surface area contributed by atoms with Crippen LogP contribution in [0, 0.1) is 0 Å². The SMILES string of the molecule is FS(F)(F)(F)(F)c1ccc([B-](c2ccc(S(F)(F)(F)(F)F)cc2)(c2ccc(S(F)(F)(F)(F)F)cc2)c2ccc(S(F)(F)(F)(F)F)cc2)cc1. The predicted molar refractivity (Wildman–Crippen MR) is 156 cm³/mol. The maximum atomic E-state index is 13.5. The lowest BCUT2D eigenvalue weighted by Gasteiger charge is -2.47. The van der Waals surface area contributed by atoms with E-state index in [4.69, 9.17) is 0 Å². The smallest absolute Gasteiger partial charge is 0.195 e. The van der Waals surface area contributed by atoms with E-state index in [-0.39, 0.29) is 97.1 Å². The Balaban J connectivity index is 2.20. The van der Waals surface area contributed by atoms with Crippen molar-refractivity contribution in [3.8, 4) is 0 Å². The summed E-state index contributed by atoms with van der Waals surface area (Å²) >= 11 is 0. The molecule has 0 aliphatic rings. The Bertz CT molecular complexity index is 1670. The molecule has 0 spiro atoms. The highest BCUT2D eigenvalue weighted by molar-refractivity contribution is 8.46. The summed E-state index contributed by atoms with van der Waals surface area (Å²) in [5.74, 6) is 0. The van der Waals surface area contributed by atoms with E-state index in [1.54, 1.807) is 0 Å². The summed E-state index contributed by atoms with van der Waals surface area (Å²) in [5, 5.41) is 0. The molecule has 4 rings (SSSR count). The molecule has 49 heavy (non-hydrogen) atoms. The summed E-state index contributed by atoms with van der Waals surface area (Å²) in [4.78, 5) is -10.5. The minimum absolute atomic E-state index is 0.155. The van der Waals surface area contributed by atoms with Crippen molar-refractivity contribution in [2.24, 2.45) is 0 Å². The molecule has 0 aliphatic carbocycles. The van der Waals surface area contributed by atoms with Gasteiger partial charge in [-0.15, -0.1) is 0 Å². The minimum atomic E-state index is -10.5. The number of benzene rings is 4. The van der Waals surface area contributed by atoms with Gasteiger partial charge in [-0.25, -0.2) is 0 Å². The van der Waals surface area contributed by atoms with Gasteiger partial charge in [-0.05, 0) is 48.5 Å². The van der Waals surface area contributed by atoms with E-state index in [1.165, 1.54) is 0 Å². The average Bonchev–Trinajstić information content (AvgIpc) is 2.85. The molecule has 0 amide bonds. The van der Waals surface area contributed by atoms with Crippen molar-refractivity contribution in [3.05, 3.63) is 97.1 Å². The summed E-state index contributed by atoms with van der Waals surface area (Å²) in [6, 6.07) is -1.40. The van der Waals surface area contributed by atoms with Crippen LogP contribution in [0.1, 0.15) is 0 Å². The van der Waals surface area contributed by atoms with Gasteiger partial charge in [-0.2, -0.15) is 21.9 Å². The summed E-state index contributed by atoms with van der Waals surface area (Å²) in [7, 11) is -42.1.